The molecule has 1 atom stereocenters. The van der Waals surface area contributed by atoms with Crippen LogP contribution in [0.15, 0.2) is 170 Å². The molecule has 0 bridgehead atoms. The Morgan fingerprint density at radius 1 is 0.327 bits per heavy atom. The second kappa shape index (κ2) is 15.4. The van der Waals surface area contributed by atoms with E-state index in [-0.39, 0.29) is 0 Å². The van der Waals surface area contributed by atoms with Gasteiger partial charge in [-0.2, -0.15) is 0 Å². The zero-order chi connectivity index (χ0) is 36.7. The van der Waals surface area contributed by atoms with Gasteiger partial charge in [-0.1, -0.05) is 97.1 Å². The van der Waals surface area contributed by atoms with E-state index in [1.54, 1.807) is 137 Å². The summed E-state index contributed by atoms with van der Waals surface area (Å²) >= 11 is 0. The van der Waals surface area contributed by atoms with Crippen molar-refractivity contribution in [2.45, 2.75) is 38.4 Å². The van der Waals surface area contributed by atoms with Crippen LogP contribution in [0.3, 0.4) is 0 Å². The SMILES string of the molecule is CC(C)(Oc1ccc(-c2ccc(OP(=O)(Oc3ccccc3)C(C)(C)Oc3ccccc3)cc2)cc1)P(=O)(Oc1ccccc1)Oc1ccccc1. The second-order valence-corrected chi connectivity index (χ2v) is 17.6. The Morgan fingerprint density at radius 3 is 0.865 bits per heavy atom. The van der Waals surface area contributed by atoms with Crippen LogP contribution in [0.2, 0.25) is 0 Å². The van der Waals surface area contributed by atoms with E-state index >= 15 is 0 Å². The van der Waals surface area contributed by atoms with Gasteiger partial charge in [-0.25, -0.2) is 9.13 Å². The summed E-state index contributed by atoms with van der Waals surface area (Å²) in [7, 11) is -7.94. The minimum Gasteiger partial charge on any atom is -0.473 e. The zero-order valence-electron chi connectivity index (χ0n) is 29.3. The van der Waals surface area contributed by atoms with Crippen molar-refractivity contribution >= 4 is 15.2 Å². The second-order valence-electron chi connectivity index (χ2n) is 12.8. The lowest BCUT2D eigenvalue weighted by molar-refractivity contribution is 0.157. The third-order valence-corrected chi connectivity index (χ3v) is 12.6. The molecule has 0 aliphatic heterocycles. The summed E-state index contributed by atoms with van der Waals surface area (Å²) in [6, 6.07) is 50.4. The molecule has 1 unspecified atom stereocenters. The molecule has 0 fully saturated rings. The Labute approximate surface area is 305 Å². The highest BCUT2D eigenvalue weighted by Gasteiger charge is 2.50. The van der Waals surface area contributed by atoms with Crippen LogP contribution in [-0.2, 0) is 9.13 Å². The maximum Gasteiger partial charge on any atom is 0.473 e. The standard InChI is InChI=1S/C42H40O8P2/c1-41(2,45-35-17-9-5-10-18-35)52(44,49-39-23-15-8-16-24-39)50-40-31-27-34(28-32-40)33-25-29-36(30-26-33)46-42(3,4)51(43,47-37-19-11-6-12-20-37)48-38-21-13-7-14-22-38/h5-32H,1-4H3. The first kappa shape index (κ1) is 36.4. The fourth-order valence-electron chi connectivity index (χ4n) is 5.08. The van der Waals surface area contributed by atoms with Gasteiger partial charge in [0.15, 0.2) is 0 Å². The highest BCUT2D eigenvalue weighted by molar-refractivity contribution is 7.56. The summed E-state index contributed by atoms with van der Waals surface area (Å²) in [5, 5.41) is -2.73. The lowest BCUT2D eigenvalue weighted by Gasteiger charge is -2.33. The van der Waals surface area contributed by atoms with Crippen LogP contribution in [0, 0.1) is 0 Å². The van der Waals surface area contributed by atoms with Crippen LogP contribution >= 0.6 is 15.2 Å². The molecule has 6 aromatic rings. The number of hydrogen-bond donors (Lipinski definition) is 0. The first-order valence-corrected chi connectivity index (χ1v) is 19.8. The molecule has 0 aliphatic rings. The number of benzene rings is 6. The van der Waals surface area contributed by atoms with E-state index in [4.69, 9.17) is 27.6 Å². The molecule has 52 heavy (non-hydrogen) atoms. The van der Waals surface area contributed by atoms with E-state index in [0.717, 1.165) is 11.1 Å². The summed E-state index contributed by atoms with van der Waals surface area (Å²) in [4.78, 5) is 0. The van der Waals surface area contributed by atoms with Gasteiger partial charge in [0.05, 0.1) is 0 Å². The molecular formula is C42H40O8P2. The first-order valence-electron chi connectivity index (χ1n) is 16.7. The number of ether oxygens (including phenoxy) is 2. The number of para-hydroxylation sites is 4. The van der Waals surface area contributed by atoms with Crippen LogP contribution in [-0.4, -0.2) is 10.7 Å². The van der Waals surface area contributed by atoms with Crippen molar-refractivity contribution in [2.24, 2.45) is 0 Å². The van der Waals surface area contributed by atoms with Crippen molar-refractivity contribution < 1.29 is 36.7 Å². The average Bonchev–Trinajstić information content (AvgIpc) is 3.13. The van der Waals surface area contributed by atoms with Gasteiger partial charge in [-0.15, -0.1) is 0 Å². The lowest BCUT2D eigenvalue weighted by Crippen LogP contribution is -2.33. The fourth-order valence-corrected chi connectivity index (χ4v) is 8.06. The van der Waals surface area contributed by atoms with Crippen molar-refractivity contribution in [3.05, 3.63) is 170 Å². The Hall–Kier alpha value is -5.42. The van der Waals surface area contributed by atoms with Gasteiger partial charge in [0.25, 0.3) is 0 Å². The molecule has 0 radical (unpaired) electrons. The minimum atomic E-state index is -3.99. The molecule has 6 rings (SSSR count). The highest BCUT2D eigenvalue weighted by Crippen LogP contribution is 2.60. The molecule has 266 valence electrons. The van der Waals surface area contributed by atoms with Crippen molar-refractivity contribution in [3.8, 4) is 45.6 Å². The van der Waals surface area contributed by atoms with Gasteiger partial charge in [0.2, 0.25) is 10.7 Å². The largest absolute Gasteiger partial charge is 0.473 e. The monoisotopic (exact) mass is 734 g/mol. The molecule has 0 aromatic heterocycles. The molecule has 6 aromatic carbocycles. The topological polar surface area (TPSA) is 89.5 Å². The predicted molar refractivity (Wildman–Crippen MR) is 205 cm³/mol. The Kier molecular flexibility index (Phi) is 10.8. The molecule has 0 N–H and O–H groups in total. The van der Waals surface area contributed by atoms with E-state index in [9.17, 15) is 9.13 Å². The number of hydrogen-bond acceptors (Lipinski definition) is 8. The van der Waals surface area contributed by atoms with E-state index in [1.165, 1.54) is 0 Å². The van der Waals surface area contributed by atoms with Gasteiger partial charge in [-0.3, -0.25) is 0 Å². The predicted octanol–water partition coefficient (Wildman–Crippen LogP) is 12.3. The summed E-state index contributed by atoms with van der Waals surface area (Å²) in [5.41, 5.74) is 1.76. The van der Waals surface area contributed by atoms with Gasteiger partial charge in [0, 0.05) is 0 Å². The van der Waals surface area contributed by atoms with E-state index in [2.05, 4.69) is 0 Å². The fraction of sp³-hybridized carbons (Fsp3) is 0.143. The average molecular weight is 735 g/mol. The van der Waals surface area contributed by atoms with Crippen LogP contribution in [0.5, 0.6) is 34.5 Å². The maximum absolute atomic E-state index is 14.5. The Bertz CT molecular complexity index is 2080. The Balaban J connectivity index is 1.19. The molecule has 0 amide bonds. The van der Waals surface area contributed by atoms with Gasteiger partial charge < -0.3 is 27.6 Å². The molecular weight excluding hydrogens is 694 g/mol. The van der Waals surface area contributed by atoms with Crippen LogP contribution < -0.4 is 27.6 Å². The van der Waals surface area contributed by atoms with Crippen LogP contribution in [0.4, 0.5) is 0 Å². The van der Waals surface area contributed by atoms with Gasteiger partial charge in [0.1, 0.15) is 34.5 Å². The summed E-state index contributed by atoms with van der Waals surface area (Å²) in [6.45, 7) is 6.73. The van der Waals surface area contributed by atoms with E-state index in [1.807, 2.05) is 60.7 Å². The molecule has 10 heteroatoms. The normalized spacial score (nSPS) is 12.9. The van der Waals surface area contributed by atoms with Crippen molar-refractivity contribution in [1.82, 2.24) is 0 Å². The molecule has 0 spiro atoms. The van der Waals surface area contributed by atoms with Gasteiger partial charge in [-0.05, 0) is 112 Å². The van der Waals surface area contributed by atoms with E-state index < -0.39 is 25.9 Å². The summed E-state index contributed by atoms with van der Waals surface area (Å²) in [6.07, 6.45) is 0. The maximum atomic E-state index is 14.5. The molecule has 0 saturated carbocycles. The third-order valence-electron chi connectivity index (χ3n) is 7.97. The van der Waals surface area contributed by atoms with Crippen molar-refractivity contribution in [2.75, 3.05) is 0 Å². The molecule has 0 heterocycles. The van der Waals surface area contributed by atoms with E-state index in [0.29, 0.717) is 34.5 Å². The highest BCUT2D eigenvalue weighted by atomic mass is 31.2. The molecule has 0 aliphatic carbocycles. The number of rotatable bonds is 15. The smallest absolute Gasteiger partial charge is 0.473 e. The molecule has 0 saturated heterocycles. The molecule has 8 nitrogen and oxygen atoms in total. The van der Waals surface area contributed by atoms with Crippen molar-refractivity contribution in [1.29, 1.82) is 0 Å². The lowest BCUT2D eigenvalue weighted by atomic mass is 10.1. The third kappa shape index (κ3) is 8.71. The summed E-state index contributed by atoms with van der Waals surface area (Å²) in [5.74, 6) is 2.55. The minimum absolute atomic E-state index is 0.349. The van der Waals surface area contributed by atoms with Crippen molar-refractivity contribution in [3.63, 3.8) is 0 Å². The summed E-state index contributed by atoms with van der Waals surface area (Å²) < 4.78 is 65.7. The zero-order valence-corrected chi connectivity index (χ0v) is 31.1. The van der Waals surface area contributed by atoms with Crippen LogP contribution in [0.25, 0.3) is 11.1 Å². The van der Waals surface area contributed by atoms with Gasteiger partial charge >= 0.3 is 15.2 Å². The Morgan fingerprint density at radius 2 is 0.558 bits per heavy atom. The van der Waals surface area contributed by atoms with Crippen LogP contribution in [0.1, 0.15) is 27.7 Å². The quantitative estimate of drug-likeness (QED) is 0.0963. The first-order chi connectivity index (χ1) is 24.9.